The van der Waals surface area contributed by atoms with E-state index in [-0.39, 0.29) is 0 Å². The van der Waals surface area contributed by atoms with Crippen LogP contribution in [0.15, 0.2) is 24.3 Å². The van der Waals surface area contributed by atoms with Gasteiger partial charge in [0.1, 0.15) is 0 Å². The van der Waals surface area contributed by atoms with Crippen LogP contribution in [0.5, 0.6) is 0 Å². The molecule has 1 aromatic rings. The van der Waals surface area contributed by atoms with E-state index in [1.54, 1.807) is 0 Å². The Kier molecular flexibility index (Phi) is 12.0. The van der Waals surface area contributed by atoms with Gasteiger partial charge in [0, 0.05) is 5.69 Å². The van der Waals surface area contributed by atoms with Gasteiger partial charge in [-0.25, -0.2) is 0 Å². The van der Waals surface area contributed by atoms with E-state index < -0.39 is 0 Å². The molecule has 1 nitrogen and oxygen atoms in total. The minimum absolute atomic E-state index is 0.782. The van der Waals surface area contributed by atoms with Crippen LogP contribution in [0, 0.1) is 17.8 Å². The summed E-state index contributed by atoms with van der Waals surface area (Å²) in [6, 6.07) is 8.69. The first-order valence-electron chi connectivity index (χ1n) is 14.6. The third-order valence-corrected chi connectivity index (χ3v) is 8.95. The molecule has 32 heavy (non-hydrogen) atoms. The van der Waals surface area contributed by atoms with Crippen molar-refractivity contribution in [1.82, 2.24) is 0 Å². The number of hydrogen-bond acceptors (Lipinski definition) is 1. The molecule has 0 bridgehead atoms. The summed E-state index contributed by atoms with van der Waals surface area (Å²) < 4.78 is 0. The van der Waals surface area contributed by atoms with Crippen LogP contribution in [0.1, 0.15) is 147 Å². The van der Waals surface area contributed by atoms with E-state index in [2.05, 4.69) is 31.2 Å². The van der Waals surface area contributed by atoms with Crippen molar-refractivity contribution in [3.63, 3.8) is 0 Å². The molecular formula is C31H53N. The molecule has 0 aromatic heterocycles. The van der Waals surface area contributed by atoms with Gasteiger partial charge in [0.2, 0.25) is 0 Å². The molecule has 0 unspecified atom stereocenters. The molecule has 182 valence electrons. The first kappa shape index (κ1) is 25.6. The lowest BCUT2D eigenvalue weighted by atomic mass is 9.68. The van der Waals surface area contributed by atoms with Crippen LogP contribution in [0.3, 0.4) is 0 Å². The fourth-order valence-corrected chi connectivity index (χ4v) is 6.74. The van der Waals surface area contributed by atoms with Crippen LogP contribution < -0.4 is 5.73 Å². The van der Waals surface area contributed by atoms with Crippen LogP contribution >= 0.6 is 0 Å². The Hall–Kier alpha value is -0.980. The highest BCUT2D eigenvalue weighted by Gasteiger charge is 2.31. The van der Waals surface area contributed by atoms with Crippen molar-refractivity contribution < 1.29 is 0 Å². The van der Waals surface area contributed by atoms with Crippen molar-refractivity contribution >= 4 is 5.69 Å². The van der Waals surface area contributed by atoms with Gasteiger partial charge >= 0.3 is 0 Å². The second-order valence-electron chi connectivity index (χ2n) is 11.4. The van der Waals surface area contributed by atoms with Crippen LogP contribution in [0.2, 0.25) is 0 Å². The fourth-order valence-electron chi connectivity index (χ4n) is 6.74. The van der Waals surface area contributed by atoms with E-state index >= 15 is 0 Å². The molecule has 0 heterocycles. The quantitative estimate of drug-likeness (QED) is 0.226. The molecule has 0 amide bonds. The van der Waals surface area contributed by atoms with Gasteiger partial charge in [-0.05, 0) is 79.9 Å². The summed E-state index contributed by atoms with van der Waals surface area (Å²) in [4.78, 5) is 0. The van der Waals surface area contributed by atoms with Gasteiger partial charge in [0.15, 0.2) is 0 Å². The SMILES string of the molecule is CCCCCCCCCCCCC[C@H]1CC[C@H](C2CCC(c3ccc(N)cc3)CC2)CC1. The molecule has 1 heteroatoms. The van der Waals surface area contributed by atoms with Crippen LogP contribution in [0.4, 0.5) is 5.69 Å². The molecule has 2 aliphatic rings. The molecule has 1 aromatic carbocycles. The van der Waals surface area contributed by atoms with E-state index in [1.807, 2.05) is 0 Å². The summed E-state index contributed by atoms with van der Waals surface area (Å²) in [6.07, 6.45) is 29.5. The third kappa shape index (κ3) is 9.11. The lowest BCUT2D eigenvalue weighted by Gasteiger charge is -2.38. The summed E-state index contributed by atoms with van der Waals surface area (Å²) in [6.45, 7) is 2.31. The monoisotopic (exact) mass is 439 g/mol. The van der Waals surface area contributed by atoms with Crippen molar-refractivity contribution in [1.29, 1.82) is 0 Å². The Morgan fingerprint density at radius 2 is 1.06 bits per heavy atom. The van der Waals surface area contributed by atoms with Crippen molar-refractivity contribution in [2.24, 2.45) is 17.8 Å². The number of nitrogen functional groups attached to an aromatic ring is 1. The Morgan fingerprint density at radius 3 is 1.59 bits per heavy atom. The molecule has 0 spiro atoms. The van der Waals surface area contributed by atoms with Crippen LogP contribution in [0.25, 0.3) is 0 Å². The molecule has 2 fully saturated rings. The maximum absolute atomic E-state index is 5.87. The molecule has 2 N–H and O–H groups in total. The van der Waals surface area contributed by atoms with Gasteiger partial charge in [0.05, 0.1) is 0 Å². The molecule has 0 aliphatic heterocycles. The largest absolute Gasteiger partial charge is 0.399 e. The minimum Gasteiger partial charge on any atom is -0.399 e. The topological polar surface area (TPSA) is 26.0 Å². The summed E-state index contributed by atoms with van der Waals surface area (Å²) in [5.41, 5.74) is 8.28. The van der Waals surface area contributed by atoms with Crippen molar-refractivity contribution in [3.8, 4) is 0 Å². The second kappa shape index (κ2) is 15.0. The summed E-state index contributed by atoms with van der Waals surface area (Å²) >= 11 is 0. The van der Waals surface area contributed by atoms with Gasteiger partial charge in [-0.2, -0.15) is 0 Å². The number of nitrogens with two attached hydrogens (primary N) is 1. The summed E-state index contributed by atoms with van der Waals surface area (Å²) in [5.74, 6) is 3.89. The maximum Gasteiger partial charge on any atom is 0.0314 e. The van der Waals surface area contributed by atoms with Crippen molar-refractivity contribution in [3.05, 3.63) is 29.8 Å². The number of benzene rings is 1. The Balaban J connectivity index is 1.18. The normalized spacial score (nSPS) is 26.3. The Bertz CT molecular complexity index is 575. The van der Waals surface area contributed by atoms with Gasteiger partial charge in [-0.3, -0.25) is 0 Å². The van der Waals surface area contributed by atoms with Crippen molar-refractivity contribution in [2.45, 2.75) is 141 Å². The van der Waals surface area contributed by atoms with Gasteiger partial charge in [-0.15, -0.1) is 0 Å². The molecule has 0 radical (unpaired) electrons. The molecule has 3 rings (SSSR count). The van der Waals surface area contributed by atoms with Crippen molar-refractivity contribution in [2.75, 3.05) is 5.73 Å². The van der Waals surface area contributed by atoms with E-state index in [1.165, 1.54) is 134 Å². The lowest BCUT2D eigenvalue weighted by Crippen LogP contribution is -2.25. The van der Waals surface area contributed by atoms with E-state index in [9.17, 15) is 0 Å². The predicted octanol–water partition coefficient (Wildman–Crippen LogP) is 10.1. The maximum atomic E-state index is 5.87. The highest BCUT2D eigenvalue weighted by Crippen LogP contribution is 2.44. The smallest absolute Gasteiger partial charge is 0.0314 e. The number of unbranched alkanes of at least 4 members (excludes halogenated alkanes) is 10. The average molecular weight is 440 g/mol. The zero-order chi connectivity index (χ0) is 22.4. The van der Waals surface area contributed by atoms with E-state index in [0.29, 0.717) is 0 Å². The molecular weight excluding hydrogens is 386 g/mol. The molecule has 2 aliphatic carbocycles. The van der Waals surface area contributed by atoms with E-state index in [0.717, 1.165) is 29.4 Å². The van der Waals surface area contributed by atoms with Gasteiger partial charge < -0.3 is 5.73 Å². The fraction of sp³-hybridized carbons (Fsp3) is 0.806. The van der Waals surface area contributed by atoms with E-state index in [4.69, 9.17) is 5.73 Å². The number of anilines is 1. The van der Waals surface area contributed by atoms with Gasteiger partial charge in [0.25, 0.3) is 0 Å². The minimum atomic E-state index is 0.782. The summed E-state index contributed by atoms with van der Waals surface area (Å²) in [5, 5.41) is 0. The van der Waals surface area contributed by atoms with Crippen LogP contribution in [-0.2, 0) is 0 Å². The molecule has 2 saturated carbocycles. The molecule has 0 saturated heterocycles. The van der Waals surface area contributed by atoms with Gasteiger partial charge in [-0.1, -0.05) is 109 Å². The average Bonchev–Trinajstić information content (AvgIpc) is 2.84. The number of hydrogen-bond donors (Lipinski definition) is 1. The standard InChI is InChI=1S/C31H53N/c1-2-3-4-5-6-7-8-9-10-11-12-13-26-14-16-27(17-15-26)28-18-20-29(21-19-28)30-22-24-31(32)25-23-30/h22-29H,2-21,32H2,1H3/t26-,27-,28?,29?. The zero-order valence-corrected chi connectivity index (χ0v) is 21.3. The first-order valence-corrected chi connectivity index (χ1v) is 14.6. The zero-order valence-electron chi connectivity index (χ0n) is 21.3. The highest BCUT2D eigenvalue weighted by molar-refractivity contribution is 5.40. The Labute approximate surface area is 200 Å². The summed E-state index contributed by atoms with van der Waals surface area (Å²) in [7, 11) is 0. The second-order valence-corrected chi connectivity index (χ2v) is 11.4. The van der Waals surface area contributed by atoms with Crippen LogP contribution in [-0.4, -0.2) is 0 Å². The lowest BCUT2D eigenvalue weighted by molar-refractivity contribution is 0.155. The third-order valence-electron chi connectivity index (χ3n) is 8.95. The number of rotatable bonds is 14. The molecule has 0 atom stereocenters. The Morgan fingerprint density at radius 1 is 0.594 bits per heavy atom. The predicted molar refractivity (Wildman–Crippen MR) is 142 cm³/mol. The first-order chi connectivity index (χ1) is 15.8. The highest BCUT2D eigenvalue weighted by atomic mass is 14.5.